The van der Waals surface area contributed by atoms with Crippen LogP contribution in [0, 0.1) is 0 Å². The van der Waals surface area contributed by atoms with E-state index in [1.54, 1.807) is 0 Å². The first-order valence-electron chi connectivity index (χ1n) is 14.2. The molecule has 0 radical (unpaired) electrons. The Morgan fingerprint density at radius 3 is 1.16 bits per heavy atom. The van der Waals surface area contributed by atoms with Gasteiger partial charge in [0.2, 0.25) is 0 Å². The summed E-state index contributed by atoms with van der Waals surface area (Å²) in [6, 6.07) is 5.86. The summed E-state index contributed by atoms with van der Waals surface area (Å²) in [4.78, 5) is 0. The van der Waals surface area contributed by atoms with Crippen molar-refractivity contribution in [3.8, 4) is 0 Å². The normalized spacial score (nSPS) is 13.9. The SMILES string of the molecule is CCCOC(CCCSSCCCC(OCCC)[SiH](CCC)CCC)[SiH](CCC)CCC. The van der Waals surface area contributed by atoms with Crippen LogP contribution in [0.4, 0.5) is 0 Å². The molecule has 2 atom stereocenters. The van der Waals surface area contributed by atoms with Crippen molar-refractivity contribution in [1.29, 1.82) is 0 Å². The lowest BCUT2D eigenvalue weighted by Gasteiger charge is -2.26. The summed E-state index contributed by atoms with van der Waals surface area (Å²) in [6.07, 6.45) is 13.0. The smallest absolute Gasteiger partial charge is 0.0716 e. The highest BCUT2D eigenvalue weighted by Gasteiger charge is 2.23. The highest BCUT2D eigenvalue weighted by atomic mass is 33.1. The van der Waals surface area contributed by atoms with Crippen molar-refractivity contribution in [3.63, 3.8) is 0 Å². The van der Waals surface area contributed by atoms with Crippen molar-refractivity contribution >= 4 is 39.2 Å². The average Bonchev–Trinajstić information content (AvgIpc) is 2.79. The molecule has 0 aliphatic rings. The molecule has 0 heterocycles. The maximum absolute atomic E-state index is 6.36. The highest BCUT2D eigenvalue weighted by Crippen LogP contribution is 2.27. The number of hydrogen-bond donors (Lipinski definition) is 0. The fourth-order valence-electron chi connectivity index (χ4n) is 4.77. The molecule has 0 saturated heterocycles. The van der Waals surface area contributed by atoms with Gasteiger partial charge in [0.1, 0.15) is 0 Å². The van der Waals surface area contributed by atoms with Gasteiger partial charge in [-0.25, -0.2) is 0 Å². The lowest BCUT2D eigenvalue weighted by Crippen LogP contribution is -2.33. The Morgan fingerprint density at radius 2 is 0.875 bits per heavy atom. The average molecular weight is 523 g/mol. The second-order valence-electron chi connectivity index (χ2n) is 9.42. The van der Waals surface area contributed by atoms with E-state index in [2.05, 4.69) is 63.1 Å². The monoisotopic (exact) mass is 522 g/mol. The minimum atomic E-state index is -0.742. The zero-order valence-electron chi connectivity index (χ0n) is 22.7. The van der Waals surface area contributed by atoms with Gasteiger partial charge in [-0.2, -0.15) is 0 Å². The summed E-state index contributed by atoms with van der Waals surface area (Å²) < 4.78 is 12.7. The Morgan fingerprint density at radius 1 is 0.531 bits per heavy atom. The van der Waals surface area contributed by atoms with E-state index in [0.717, 1.165) is 26.1 Å². The number of rotatable bonds is 25. The van der Waals surface area contributed by atoms with Crippen molar-refractivity contribution in [3.05, 3.63) is 0 Å². The van der Waals surface area contributed by atoms with E-state index in [4.69, 9.17) is 9.47 Å². The molecule has 0 N–H and O–H groups in total. The van der Waals surface area contributed by atoms with Crippen LogP contribution >= 0.6 is 21.6 Å². The molecule has 0 aliphatic heterocycles. The molecule has 0 fully saturated rings. The van der Waals surface area contributed by atoms with Gasteiger partial charge >= 0.3 is 0 Å². The molecule has 194 valence electrons. The van der Waals surface area contributed by atoms with Gasteiger partial charge in [0.15, 0.2) is 0 Å². The van der Waals surface area contributed by atoms with Crippen molar-refractivity contribution in [2.45, 2.75) is 141 Å². The predicted octanol–water partition coefficient (Wildman–Crippen LogP) is 8.69. The summed E-state index contributed by atoms with van der Waals surface area (Å²) in [6.45, 7) is 15.8. The minimum Gasteiger partial charge on any atom is -0.382 e. The molecule has 2 unspecified atom stereocenters. The van der Waals surface area contributed by atoms with E-state index in [0.29, 0.717) is 11.5 Å². The summed E-state index contributed by atoms with van der Waals surface area (Å²) in [5.41, 5.74) is 1.24. The minimum absolute atomic E-state index is 0.621. The van der Waals surface area contributed by atoms with E-state index in [9.17, 15) is 0 Å². The standard InChI is InChI=1S/C26H58O2S2Si2/c1-7-17-27-25(31(21-9-3)22-10-4)15-13-19-29-30-20-14-16-26(28-18-8-2)32(23-11-5)24-12-6/h25-26,31-32H,7-24H2,1-6H3. The Bertz CT molecular complexity index is 332. The van der Waals surface area contributed by atoms with Crippen LogP contribution < -0.4 is 0 Å². The Hall–Kier alpha value is 1.05. The molecule has 0 aromatic heterocycles. The maximum atomic E-state index is 6.36. The Balaban J connectivity index is 4.21. The molecule has 0 aromatic carbocycles. The van der Waals surface area contributed by atoms with Crippen LogP contribution in [-0.2, 0) is 9.47 Å². The Labute approximate surface area is 214 Å². The fraction of sp³-hybridized carbons (Fsp3) is 1.00. The first-order valence-corrected chi connectivity index (χ1v) is 21.2. The lowest BCUT2D eigenvalue weighted by molar-refractivity contribution is 0.0956. The molecule has 0 aliphatic carbocycles. The molecule has 32 heavy (non-hydrogen) atoms. The third-order valence-corrected chi connectivity index (χ3v) is 17.3. The maximum Gasteiger partial charge on any atom is 0.0716 e. The molecule has 0 rings (SSSR count). The zero-order valence-corrected chi connectivity index (χ0v) is 26.6. The summed E-state index contributed by atoms with van der Waals surface area (Å²) in [5.74, 6) is 2.57. The van der Waals surface area contributed by atoms with Crippen molar-refractivity contribution in [2.24, 2.45) is 0 Å². The predicted molar refractivity (Wildman–Crippen MR) is 158 cm³/mol. The summed E-state index contributed by atoms with van der Waals surface area (Å²) in [7, 11) is 2.72. The van der Waals surface area contributed by atoms with Crippen LogP contribution in [0.2, 0.25) is 24.2 Å². The highest BCUT2D eigenvalue weighted by molar-refractivity contribution is 8.76. The molecule has 0 saturated carbocycles. The van der Waals surface area contributed by atoms with Crippen LogP contribution in [0.25, 0.3) is 0 Å². The molecule has 2 nitrogen and oxygen atoms in total. The zero-order chi connectivity index (χ0) is 23.9. The van der Waals surface area contributed by atoms with Crippen molar-refractivity contribution in [2.75, 3.05) is 24.7 Å². The van der Waals surface area contributed by atoms with Crippen LogP contribution in [0.15, 0.2) is 0 Å². The first kappa shape index (κ1) is 33.1. The van der Waals surface area contributed by atoms with E-state index in [1.807, 2.05) is 0 Å². The topological polar surface area (TPSA) is 18.5 Å². The van der Waals surface area contributed by atoms with Crippen LogP contribution in [-0.4, -0.2) is 53.8 Å². The van der Waals surface area contributed by atoms with Gasteiger partial charge in [0, 0.05) is 36.2 Å². The lowest BCUT2D eigenvalue weighted by atomic mass is 10.3. The van der Waals surface area contributed by atoms with Gasteiger partial charge in [-0.1, -0.05) is 113 Å². The second-order valence-corrected chi connectivity index (χ2v) is 19.0. The van der Waals surface area contributed by atoms with Gasteiger partial charge in [0.25, 0.3) is 0 Å². The molecular weight excluding hydrogens is 465 g/mol. The molecule has 6 heteroatoms. The molecule has 0 spiro atoms. The van der Waals surface area contributed by atoms with Crippen LogP contribution in [0.3, 0.4) is 0 Å². The third-order valence-electron chi connectivity index (χ3n) is 6.28. The van der Waals surface area contributed by atoms with Gasteiger partial charge in [-0.3, -0.25) is 0 Å². The quantitative estimate of drug-likeness (QED) is 0.0677. The number of hydrogen-bond acceptors (Lipinski definition) is 4. The van der Waals surface area contributed by atoms with Crippen LogP contribution in [0.1, 0.15) is 106 Å². The molecule has 0 bridgehead atoms. The third kappa shape index (κ3) is 17.5. The number of ether oxygens (including phenoxy) is 2. The van der Waals surface area contributed by atoms with Crippen molar-refractivity contribution in [1.82, 2.24) is 0 Å². The summed E-state index contributed by atoms with van der Waals surface area (Å²) >= 11 is 0. The van der Waals surface area contributed by atoms with E-state index in [-0.39, 0.29) is 0 Å². The van der Waals surface area contributed by atoms with Gasteiger partial charge in [-0.05, 0) is 38.5 Å². The Kier molecular flexibility index (Phi) is 26.0. The van der Waals surface area contributed by atoms with Gasteiger partial charge in [0.05, 0.1) is 17.6 Å². The largest absolute Gasteiger partial charge is 0.382 e. The second kappa shape index (κ2) is 25.2. The first-order chi connectivity index (χ1) is 15.7. The van der Waals surface area contributed by atoms with E-state index < -0.39 is 17.6 Å². The molecule has 0 amide bonds. The van der Waals surface area contributed by atoms with Crippen LogP contribution in [0.5, 0.6) is 0 Å². The van der Waals surface area contributed by atoms with Gasteiger partial charge in [-0.15, -0.1) is 0 Å². The molecule has 0 aromatic rings. The van der Waals surface area contributed by atoms with E-state index >= 15 is 0 Å². The fourth-order valence-corrected chi connectivity index (χ4v) is 14.2. The van der Waals surface area contributed by atoms with E-state index in [1.165, 1.54) is 87.0 Å². The molecular formula is C26H58O2S2Si2. The van der Waals surface area contributed by atoms with Gasteiger partial charge < -0.3 is 9.47 Å². The van der Waals surface area contributed by atoms with Crippen molar-refractivity contribution < 1.29 is 9.47 Å². The summed E-state index contributed by atoms with van der Waals surface area (Å²) in [5, 5.41) is 0.